The topological polar surface area (TPSA) is 45.2 Å². The molecule has 1 amide bonds. The maximum atomic E-state index is 13.2. The Hall–Kier alpha value is -2.06. The molecular formula is C17H15F2N3OS2. The molecule has 25 heavy (non-hydrogen) atoms. The number of fused-ring (bicyclic) bond motifs is 1. The van der Waals surface area contributed by atoms with Crippen LogP contribution in [0.1, 0.15) is 28.9 Å². The van der Waals surface area contributed by atoms with Crippen molar-refractivity contribution in [1.82, 2.24) is 4.98 Å². The van der Waals surface area contributed by atoms with Crippen molar-refractivity contribution in [2.75, 3.05) is 23.3 Å². The summed E-state index contributed by atoms with van der Waals surface area (Å²) in [6, 6.07) is 5.04. The molecule has 130 valence electrons. The first-order valence-corrected chi connectivity index (χ1v) is 9.65. The molecule has 1 aromatic carbocycles. The molecule has 1 N–H and O–H groups in total. The fourth-order valence-corrected chi connectivity index (χ4v) is 5.04. The van der Waals surface area contributed by atoms with Crippen LogP contribution in [0.2, 0.25) is 0 Å². The Bertz CT molecular complexity index is 900. The fraction of sp³-hybridized carbons (Fsp3) is 0.294. The van der Waals surface area contributed by atoms with Crippen molar-refractivity contribution in [3.63, 3.8) is 0 Å². The third-order valence-electron chi connectivity index (χ3n) is 4.11. The molecular weight excluding hydrogens is 364 g/mol. The van der Waals surface area contributed by atoms with Crippen molar-refractivity contribution in [3.8, 4) is 0 Å². The van der Waals surface area contributed by atoms with Crippen LogP contribution in [0.25, 0.3) is 9.53 Å². The second-order valence-electron chi connectivity index (χ2n) is 5.91. The van der Waals surface area contributed by atoms with Gasteiger partial charge in [-0.3, -0.25) is 4.79 Å². The quantitative estimate of drug-likeness (QED) is 0.706. The summed E-state index contributed by atoms with van der Waals surface area (Å²) in [7, 11) is 0. The first kappa shape index (κ1) is 16.4. The number of carbonyl (C=O) groups excluding carboxylic acids is 1. The largest absolute Gasteiger partial charge is 0.348 e. The van der Waals surface area contributed by atoms with Crippen molar-refractivity contribution in [3.05, 3.63) is 40.8 Å². The van der Waals surface area contributed by atoms with Crippen molar-refractivity contribution in [2.24, 2.45) is 0 Å². The number of nitrogens with one attached hydrogen (secondary N) is 1. The number of anilines is 2. The molecule has 2 aromatic heterocycles. The zero-order chi connectivity index (χ0) is 17.4. The van der Waals surface area contributed by atoms with Crippen LogP contribution >= 0.6 is 22.7 Å². The molecule has 1 aliphatic rings. The summed E-state index contributed by atoms with van der Waals surface area (Å²) >= 11 is 2.96. The van der Waals surface area contributed by atoms with E-state index in [0.717, 1.165) is 39.9 Å². The van der Waals surface area contributed by atoms with Gasteiger partial charge in [0.15, 0.2) is 16.8 Å². The Labute approximate surface area is 151 Å². The molecule has 0 atom stereocenters. The standard InChI is InChI=1S/C17H15F2N3OS2/c18-11-5-4-10(8-12(11)19)20-15(23)14-9-13-16(24-14)25-17(21-13)22-6-2-1-3-7-22/h4-5,8-9H,1-3,6-7H2,(H,20,23). The van der Waals surface area contributed by atoms with Gasteiger partial charge in [-0.25, -0.2) is 13.8 Å². The van der Waals surface area contributed by atoms with Gasteiger partial charge in [0.2, 0.25) is 0 Å². The Kier molecular flexibility index (Phi) is 4.39. The molecule has 4 rings (SSSR count). The molecule has 0 bridgehead atoms. The highest BCUT2D eigenvalue weighted by Gasteiger charge is 2.18. The van der Waals surface area contributed by atoms with E-state index in [9.17, 15) is 13.6 Å². The number of amides is 1. The maximum Gasteiger partial charge on any atom is 0.265 e. The van der Waals surface area contributed by atoms with Crippen molar-refractivity contribution >= 4 is 48.9 Å². The van der Waals surface area contributed by atoms with Crippen LogP contribution in [0, 0.1) is 11.6 Å². The van der Waals surface area contributed by atoms with E-state index in [4.69, 9.17) is 0 Å². The molecule has 0 spiro atoms. The van der Waals surface area contributed by atoms with E-state index >= 15 is 0 Å². The van der Waals surface area contributed by atoms with Crippen LogP contribution in [0.4, 0.5) is 19.6 Å². The van der Waals surface area contributed by atoms with E-state index in [1.807, 2.05) is 0 Å². The van der Waals surface area contributed by atoms with Gasteiger partial charge in [0.05, 0.1) is 10.4 Å². The van der Waals surface area contributed by atoms with Crippen molar-refractivity contribution in [1.29, 1.82) is 0 Å². The number of nitrogens with zero attached hydrogens (tertiary/aromatic N) is 2. The number of piperidine rings is 1. The lowest BCUT2D eigenvalue weighted by Crippen LogP contribution is -2.29. The Morgan fingerprint density at radius 3 is 2.60 bits per heavy atom. The summed E-state index contributed by atoms with van der Waals surface area (Å²) in [5.41, 5.74) is 1.04. The van der Waals surface area contributed by atoms with Gasteiger partial charge in [-0.2, -0.15) is 0 Å². The van der Waals surface area contributed by atoms with E-state index < -0.39 is 11.6 Å². The average Bonchev–Trinajstić information content (AvgIpc) is 3.18. The summed E-state index contributed by atoms with van der Waals surface area (Å²) in [5.74, 6) is -2.28. The van der Waals surface area contributed by atoms with Gasteiger partial charge in [-0.05, 0) is 37.5 Å². The normalized spacial score (nSPS) is 14.9. The molecule has 8 heteroatoms. The molecule has 3 heterocycles. The summed E-state index contributed by atoms with van der Waals surface area (Å²) < 4.78 is 27.2. The van der Waals surface area contributed by atoms with Crippen LogP contribution in [0.15, 0.2) is 24.3 Å². The SMILES string of the molecule is O=C(Nc1ccc(F)c(F)c1)c1cc2nc(N3CCCCC3)sc2s1. The summed E-state index contributed by atoms with van der Waals surface area (Å²) in [6.45, 7) is 2.06. The molecule has 0 radical (unpaired) electrons. The fourth-order valence-electron chi connectivity index (χ4n) is 2.82. The zero-order valence-corrected chi connectivity index (χ0v) is 14.9. The molecule has 1 aliphatic heterocycles. The number of thiazole rings is 1. The minimum absolute atomic E-state index is 0.225. The maximum absolute atomic E-state index is 13.2. The third kappa shape index (κ3) is 3.36. The van der Waals surface area contributed by atoms with Crippen molar-refractivity contribution < 1.29 is 13.6 Å². The molecule has 3 aromatic rings. The van der Waals surface area contributed by atoms with Crippen LogP contribution < -0.4 is 10.2 Å². The number of aromatic nitrogens is 1. The number of rotatable bonds is 3. The van der Waals surface area contributed by atoms with E-state index in [0.29, 0.717) is 4.88 Å². The molecule has 1 saturated heterocycles. The minimum atomic E-state index is -0.988. The first-order valence-electron chi connectivity index (χ1n) is 8.02. The van der Waals surface area contributed by atoms with E-state index in [2.05, 4.69) is 15.2 Å². The lowest BCUT2D eigenvalue weighted by Gasteiger charge is -2.25. The van der Waals surface area contributed by atoms with Gasteiger partial charge in [-0.15, -0.1) is 11.3 Å². The number of hydrogen-bond donors (Lipinski definition) is 1. The van der Waals surface area contributed by atoms with Crippen LogP contribution in [-0.4, -0.2) is 24.0 Å². The van der Waals surface area contributed by atoms with Gasteiger partial charge in [0.1, 0.15) is 4.01 Å². The van der Waals surface area contributed by atoms with Gasteiger partial charge < -0.3 is 10.2 Å². The first-order chi connectivity index (χ1) is 12.1. The van der Waals surface area contributed by atoms with Gasteiger partial charge in [0.25, 0.3) is 5.91 Å². The number of benzene rings is 1. The van der Waals surface area contributed by atoms with E-state index in [1.165, 1.54) is 36.7 Å². The molecule has 0 saturated carbocycles. The lowest BCUT2D eigenvalue weighted by molar-refractivity contribution is 0.103. The van der Waals surface area contributed by atoms with Crippen molar-refractivity contribution in [2.45, 2.75) is 19.3 Å². The zero-order valence-electron chi connectivity index (χ0n) is 13.2. The molecule has 0 unspecified atom stereocenters. The monoisotopic (exact) mass is 379 g/mol. The molecule has 0 aliphatic carbocycles. The lowest BCUT2D eigenvalue weighted by atomic mass is 10.1. The van der Waals surface area contributed by atoms with E-state index in [1.54, 1.807) is 17.4 Å². The highest BCUT2D eigenvalue weighted by Crippen LogP contribution is 2.36. The highest BCUT2D eigenvalue weighted by atomic mass is 32.2. The third-order valence-corrected chi connectivity index (χ3v) is 6.45. The van der Waals surface area contributed by atoms with E-state index in [-0.39, 0.29) is 11.6 Å². The summed E-state index contributed by atoms with van der Waals surface area (Å²) in [6.07, 6.45) is 3.65. The number of halogens is 2. The second kappa shape index (κ2) is 6.68. The second-order valence-corrected chi connectivity index (χ2v) is 8.20. The Morgan fingerprint density at radius 2 is 1.88 bits per heavy atom. The predicted molar refractivity (Wildman–Crippen MR) is 97.9 cm³/mol. The van der Waals surface area contributed by atoms with Gasteiger partial charge >= 0.3 is 0 Å². The van der Waals surface area contributed by atoms with Crippen LogP contribution in [0.3, 0.4) is 0 Å². The van der Waals surface area contributed by atoms with Crippen LogP contribution in [0.5, 0.6) is 0 Å². The average molecular weight is 379 g/mol. The highest BCUT2D eigenvalue weighted by molar-refractivity contribution is 7.40. The summed E-state index contributed by atoms with van der Waals surface area (Å²) in [5, 5.41) is 3.59. The van der Waals surface area contributed by atoms with Gasteiger partial charge in [0, 0.05) is 24.8 Å². The minimum Gasteiger partial charge on any atom is -0.348 e. The number of hydrogen-bond acceptors (Lipinski definition) is 5. The molecule has 4 nitrogen and oxygen atoms in total. The Balaban J connectivity index is 1.51. The number of carbonyl (C=O) groups is 1. The molecule has 1 fully saturated rings. The van der Waals surface area contributed by atoms with Crippen LogP contribution in [-0.2, 0) is 0 Å². The summed E-state index contributed by atoms with van der Waals surface area (Å²) in [4.78, 5) is 19.7. The smallest absolute Gasteiger partial charge is 0.265 e. The van der Waals surface area contributed by atoms with Gasteiger partial charge in [-0.1, -0.05) is 11.3 Å². The predicted octanol–water partition coefficient (Wildman–Crippen LogP) is 4.88. The Morgan fingerprint density at radius 1 is 1.08 bits per heavy atom. The number of thiophene rings is 1.